The van der Waals surface area contributed by atoms with Crippen LogP contribution in [0.4, 0.5) is 0 Å². The molecule has 1 N–H and O–H groups in total. The van der Waals surface area contributed by atoms with Gasteiger partial charge in [0.25, 0.3) is 0 Å². The van der Waals surface area contributed by atoms with E-state index in [1.54, 1.807) is 0 Å². The Morgan fingerprint density at radius 2 is 1.94 bits per heavy atom. The average molecular weight is 241 g/mol. The molecule has 0 aromatic heterocycles. The van der Waals surface area contributed by atoms with Crippen LogP contribution in [0.5, 0.6) is 0 Å². The molecule has 0 spiro atoms. The van der Waals surface area contributed by atoms with E-state index in [1.807, 2.05) is 0 Å². The minimum Gasteiger partial charge on any atom is -0.380 e. The van der Waals surface area contributed by atoms with E-state index in [0.717, 1.165) is 19.8 Å². The zero-order chi connectivity index (χ0) is 12.3. The largest absolute Gasteiger partial charge is 0.380 e. The van der Waals surface area contributed by atoms with Crippen LogP contribution in [0.1, 0.15) is 20.3 Å². The Morgan fingerprint density at radius 3 is 2.53 bits per heavy atom. The highest BCUT2D eigenvalue weighted by atomic mass is 16.5. The van der Waals surface area contributed by atoms with Gasteiger partial charge < -0.3 is 15.0 Å². The first kappa shape index (κ1) is 13.3. The number of nitrogens with one attached hydrogen (secondary N) is 1. The molecule has 0 amide bonds. The van der Waals surface area contributed by atoms with Gasteiger partial charge in [-0.1, -0.05) is 0 Å². The number of likely N-dealkylation sites (N-methyl/N-ethyl adjacent to an activating group) is 1. The number of piperazine rings is 1. The molecule has 2 heterocycles. The van der Waals surface area contributed by atoms with Crippen molar-refractivity contribution in [3.63, 3.8) is 0 Å². The Kier molecular flexibility index (Phi) is 4.42. The highest BCUT2D eigenvalue weighted by Gasteiger charge is 2.30. The van der Waals surface area contributed by atoms with Crippen LogP contribution >= 0.6 is 0 Å². The molecule has 2 saturated heterocycles. The van der Waals surface area contributed by atoms with Crippen LogP contribution in [0.3, 0.4) is 0 Å². The molecule has 2 aliphatic rings. The van der Waals surface area contributed by atoms with Crippen LogP contribution < -0.4 is 5.32 Å². The van der Waals surface area contributed by atoms with E-state index < -0.39 is 0 Å². The molecule has 1 unspecified atom stereocenters. The fourth-order valence-electron chi connectivity index (χ4n) is 2.61. The van der Waals surface area contributed by atoms with E-state index >= 15 is 0 Å². The fraction of sp³-hybridized carbons (Fsp3) is 1.00. The Morgan fingerprint density at radius 1 is 1.24 bits per heavy atom. The predicted octanol–water partition coefficient (Wildman–Crippen LogP) is 0.391. The Balaban J connectivity index is 1.76. The van der Waals surface area contributed by atoms with Crippen LogP contribution in [-0.4, -0.2) is 74.4 Å². The summed E-state index contributed by atoms with van der Waals surface area (Å²) in [4.78, 5) is 5.01. The molecule has 2 aliphatic heterocycles. The third-order valence-corrected chi connectivity index (χ3v) is 4.11. The first-order valence-electron chi connectivity index (χ1n) is 6.83. The number of ether oxygens (including phenoxy) is 1. The predicted molar refractivity (Wildman–Crippen MR) is 70.4 cm³/mol. The van der Waals surface area contributed by atoms with Gasteiger partial charge in [-0.25, -0.2) is 0 Å². The van der Waals surface area contributed by atoms with Crippen LogP contribution in [0.2, 0.25) is 0 Å². The summed E-state index contributed by atoms with van der Waals surface area (Å²) in [6.07, 6.45) is 1.17. The van der Waals surface area contributed by atoms with Gasteiger partial charge >= 0.3 is 0 Å². The van der Waals surface area contributed by atoms with E-state index in [2.05, 4.69) is 36.0 Å². The van der Waals surface area contributed by atoms with Gasteiger partial charge in [0.15, 0.2) is 0 Å². The Bertz CT molecular complexity index is 231. The molecule has 0 aliphatic carbocycles. The SMILES string of the molecule is CN1CCN(C(C)(C)CNC2CCOC2)CC1. The maximum absolute atomic E-state index is 5.40. The second kappa shape index (κ2) is 5.65. The average Bonchev–Trinajstić information content (AvgIpc) is 2.80. The third-order valence-electron chi connectivity index (χ3n) is 4.11. The van der Waals surface area contributed by atoms with Gasteiger partial charge in [-0.05, 0) is 27.3 Å². The van der Waals surface area contributed by atoms with Crippen molar-refractivity contribution in [3.05, 3.63) is 0 Å². The minimum atomic E-state index is 0.254. The van der Waals surface area contributed by atoms with Gasteiger partial charge in [0.2, 0.25) is 0 Å². The molecule has 1 atom stereocenters. The lowest BCUT2D eigenvalue weighted by atomic mass is 10.0. The third kappa shape index (κ3) is 3.65. The second-order valence-electron chi connectivity index (χ2n) is 6.04. The molecule has 0 bridgehead atoms. The monoisotopic (exact) mass is 241 g/mol. The van der Waals surface area contributed by atoms with Gasteiger partial charge in [0.05, 0.1) is 6.61 Å². The van der Waals surface area contributed by atoms with Gasteiger partial charge in [-0.3, -0.25) is 4.90 Å². The molecule has 0 radical (unpaired) electrons. The van der Waals surface area contributed by atoms with Gasteiger partial charge in [-0.2, -0.15) is 0 Å². The number of nitrogens with zero attached hydrogens (tertiary/aromatic N) is 2. The normalized spacial score (nSPS) is 28.8. The molecule has 0 saturated carbocycles. The van der Waals surface area contributed by atoms with Gasteiger partial charge in [0, 0.05) is 50.9 Å². The Hall–Kier alpha value is -0.160. The molecule has 4 heteroatoms. The van der Waals surface area contributed by atoms with Gasteiger partial charge in [-0.15, -0.1) is 0 Å². The van der Waals surface area contributed by atoms with Crippen molar-refractivity contribution in [1.82, 2.24) is 15.1 Å². The molecule has 0 aromatic rings. The topological polar surface area (TPSA) is 27.7 Å². The van der Waals surface area contributed by atoms with Crippen molar-refractivity contribution in [2.75, 3.05) is 53.0 Å². The summed E-state index contributed by atoms with van der Waals surface area (Å²) in [5, 5.41) is 3.65. The zero-order valence-corrected chi connectivity index (χ0v) is 11.5. The number of hydrogen-bond donors (Lipinski definition) is 1. The van der Waals surface area contributed by atoms with Crippen LogP contribution in [0.25, 0.3) is 0 Å². The van der Waals surface area contributed by atoms with Crippen LogP contribution in [0.15, 0.2) is 0 Å². The summed E-state index contributed by atoms with van der Waals surface area (Å²) in [5.41, 5.74) is 0.254. The highest BCUT2D eigenvalue weighted by Crippen LogP contribution is 2.16. The van der Waals surface area contributed by atoms with Crippen molar-refractivity contribution >= 4 is 0 Å². The lowest BCUT2D eigenvalue weighted by Crippen LogP contribution is -2.58. The molecule has 0 aromatic carbocycles. The van der Waals surface area contributed by atoms with Crippen molar-refractivity contribution in [1.29, 1.82) is 0 Å². The Labute approximate surface area is 105 Å². The first-order chi connectivity index (χ1) is 8.08. The maximum Gasteiger partial charge on any atom is 0.0620 e. The van der Waals surface area contributed by atoms with Crippen molar-refractivity contribution in [2.24, 2.45) is 0 Å². The highest BCUT2D eigenvalue weighted by molar-refractivity contribution is 4.88. The minimum absolute atomic E-state index is 0.254. The number of rotatable bonds is 4. The second-order valence-corrected chi connectivity index (χ2v) is 6.04. The summed E-state index contributed by atoms with van der Waals surface area (Å²) >= 11 is 0. The maximum atomic E-state index is 5.40. The summed E-state index contributed by atoms with van der Waals surface area (Å²) in [6, 6.07) is 0.571. The van der Waals surface area contributed by atoms with E-state index in [9.17, 15) is 0 Å². The van der Waals surface area contributed by atoms with Crippen LogP contribution in [-0.2, 0) is 4.74 Å². The van der Waals surface area contributed by atoms with Crippen molar-refractivity contribution in [3.8, 4) is 0 Å². The lowest BCUT2D eigenvalue weighted by Gasteiger charge is -2.43. The molecule has 2 fully saturated rings. The summed E-state index contributed by atoms with van der Waals surface area (Å²) < 4.78 is 5.40. The molecule has 17 heavy (non-hydrogen) atoms. The molecule has 4 nitrogen and oxygen atoms in total. The van der Waals surface area contributed by atoms with E-state index in [-0.39, 0.29) is 5.54 Å². The number of hydrogen-bond acceptors (Lipinski definition) is 4. The quantitative estimate of drug-likeness (QED) is 0.771. The molecule has 2 rings (SSSR count). The molecular formula is C13H27N3O. The molecule has 100 valence electrons. The van der Waals surface area contributed by atoms with Crippen molar-refractivity contribution in [2.45, 2.75) is 31.8 Å². The smallest absolute Gasteiger partial charge is 0.0620 e. The first-order valence-corrected chi connectivity index (χ1v) is 6.83. The molecular weight excluding hydrogens is 214 g/mol. The van der Waals surface area contributed by atoms with Gasteiger partial charge in [0.1, 0.15) is 0 Å². The summed E-state index contributed by atoms with van der Waals surface area (Å²) in [5.74, 6) is 0. The lowest BCUT2D eigenvalue weighted by molar-refractivity contribution is 0.0597. The summed E-state index contributed by atoms with van der Waals surface area (Å²) in [7, 11) is 2.21. The van der Waals surface area contributed by atoms with E-state index in [4.69, 9.17) is 4.74 Å². The van der Waals surface area contributed by atoms with Crippen LogP contribution in [0, 0.1) is 0 Å². The summed E-state index contributed by atoms with van der Waals surface area (Å²) in [6.45, 7) is 12.3. The van der Waals surface area contributed by atoms with E-state index in [1.165, 1.54) is 32.6 Å². The van der Waals surface area contributed by atoms with E-state index in [0.29, 0.717) is 6.04 Å². The standard InChI is InChI=1S/C13H27N3O/c1-13(2,11-14-12-4-9-17-10-12)16-7-5-15(3)6-8-16/h12,14H,4-11H2,1-3H3. The fourth-order valence-corrected chi connectivity index (χ4v) is 2.61. The van der Waals surface area contributed by atoms with Crippen molar-refractivity contribution < 1.29 is 4.74 Å². The zero-order valence-electron chi connectivity index (χ0n) is 11.5.